The molecule has 7 heteroatoms. The largest absolute Gasteiger partial charge is 0.372 e. The molecule has 2 heterocycles. The van der Waals surface area contributed by atoms with Crippen molar-refractivity contribution in [1.82, 2.24) is 14.5 Å². The van der Waals surface area contributed by atoms with Crippen molar-refractivity contribution in [3.05, 3.63) is 63.9 Å². The molecule has 31 heavy (non-hydrogen) atoms. The van der Waals surface area contributed by atoms with E-state index >= 15 is 0 Å². The van der Waals surface area contributed by atoms with Crippen molar-refractivity contribution in [2.45, 2.75) is 45.1 Å². The van der Waals surface area contributed by atoms with E-state index in [2.05, 4.69) is 0 Å². The maximum Gasteiger partial charge on any atom is 0.266 e. The Kier molecular flexibility index (Phi) is 6.16. The van der Waals surface area contributed by atoms with Crippen LogP contribution in [0.25, 0.3) is 16.6 Å². The van der Waals surface area contributed by atoms with Gasteiger partial charge in [0.1, 0.15) is 0 Å². The summed E-state index contributed by atoms with van der Waals surface area (Å²) in [5.41, 5.74) is 3.52. The fourth-order valence-corrected chi connectivity index (χ4v) is 4.82. The third-order valence-corrected chi connectivity index (χ3v) is 6.51. The Bertz CT molecular complexity index is 1180. The van der Waals surface area contributed by atoms with Crippen molar-refractivity contribution in [1.29, 1.82) is 0 Å². The van der Waals surface area contributed by atoms with Crippen molar-refractivity contribution >= 4 is 28.6 Å². The van der Waals surface area contributed by atoms with Gasteiger partial charge in [0.25, 0.3) is 5.56 Å². The first-order valence-electron chi connectivity index (χ1n) is 10.5. The number of rotatable bonds is 4. The molecule has 1 aliphatic rings. The van der Waals surface area contributed by atoms with Crippen molar-refractivity contribution in [3.8, 4) is 5.69 Å². The highest BCUT2D eigenvalue weighted by molar-refractivity contribution is 7.99. The fourth-order valence-electron chi connectivity index (χ4n) is 3.90. The van der Waals surface area contributed by atoms with Gasteiger partial charge in [-0.15, -0.1) is 0 Å². The number of hydrogen-bond donors (Lipinski definition) is 0. The third kappa shape index (κ3) is 4.52. The number of hydrogen-bond acceptors (Lipinski definition) is 5. The van der Waals surface area contributed by atoms with Crippen molar-refractivity contribution in [2.75, 3.05) is 18.8 Å². The van der Waals surface area contributed by atoms with E-state index in [0.29, 0.717) is 29.1 Å². The number of ether oxygens (including phenoxy) is 1. The normalized spacial score (nSPS) is 19.0. The van der Waals surface area contributed by atoms with Crippen LogP contribution in [0.1, 0.15) is 25.0 Å². The van der Waals surface area contributed by atoms with Gasteiger partial charge in [0.15, 0.2) is 5.16 Å². The second-order valence-corrected chi connectivity index (χ2v) is 9.11. The number of para-hydroxylation sites is 1. The molecule has 0 radical (unpaired) electrons. The van der Waals surface area contributed by atoms with Gasteiger partial charge >= 0.3 is 0 Å². The van der Waals surface area contributed by atoms with Crippen LogP contribution in [0, 0.1) is 13.8 Å². The minimum absolute atomic E-state index is 0.0187. The summed E-state index contributed by atoms with van der Waals surface area (Å²) in [5.74, 6) is 0.246. The molecule has 3 aromatic rings. The van der Waals surface area contributed by atoms with Gasteiger partial charge in [0, 0.05) is 13.1 Å². The molecule has 1 fully saturated rings. The lowest BCUT2D eigenvalue weighted by atomic mass is 10.1. The van der Waals surface area contributed by atoms with Crippen LogP contribution in [0.15, 0.2) is 52.4 Å². The van der Waals surface area contributed by atoms with Crippen molar-refractivity contribution in [3.63, 3.8) is 0 Å². The summed E-state index contributed by atoms with van der Waals surface area (Å²) in [6, 6.07) is 13.2. The predicted octanol–water partition coefficient (Wildman–Crippen LogP) is 3.73. The molecule has 1 aromatic heterocycles. The number of fused-ring (bicyclic) bond motifs is 1. The maximum atomic E-state index is 13.4. The Morgan fingerprint density at radius 1 is 1.10 bits per heavy atom. The number of carbonyl (C=O) groups excluding carboxylic acids is 1. The molecule has 0 aliphatic carbocycles. The lowest BCUT2D eigenvalue weighted by Crippen LogP contribution is -2.48. The van der Waals surface area contributed by atoms with E-state index in [4.69, 9.17) is 9.72 Å². The Labute approximate surface area is 186 Å². The molecule has 0 bridgehead atoms. The van der Waals surface area contributed by atoms with E-state index in [1.165, 1.54) is 11.8 Å². The zero-order chi connectivity index (χ0) is 22.1. The zero-order valence-corrected chi connectivity index (χ0v) is 19.1. The van der Waals surface area contributed by atoms with Crippen molar-refractivity contribution in [2.24, 2.45) is 0 Å². The van der Waals surface area contributed by atoms with E-state index in [1.54, 1.807) is 10.6 Å². The number of amides is 1. The van der Waals surface area contributed by atoms with Crippen LogP contribution in [0.5, 0.6) is 0 Å². The van der Waals surface area contributed by atoms with E-state index in [-0.39, 0.29) is 29.4 Å². The van der Waals surface area contributed by atoms with E-state index < -0.39 is 0 Å². The quantitative estimate of drug-likeness (QED) is 0.460. The van der Waals surface area contributed by atoms with E-state index in [0.717, 1.165) is 16.8 Å². The van der Waals surface area contributed by atoms with Crippen LogP contribution in [0.2, 0.25) is 0 Å². The van der Waals surface area contributed by atoms with Crippen molar-refractivity contribution < 1.29 is 9.53 Å². The molecule has 2 unspecified atom stereocenters. The third-order valence-electron chi connectivity index (χ3n) is 5.59. The van der Waals surface area contributed by atoms with Crippen LogP contribution < -0.4 is 5.56 Å². The molecule has 6 nitrogen and oxygen atoms in total. The fraction of sp³-hybridized carbons (Fsp3) is 0.375. The minimum Gasteiger partial charge on any atom is -0.372 e. The molecule has 2 aromatic carbocycles. The van der Waals surface area contributed by atoms with Crippen LogP contribution in [-0.4, -0.2) is 51.4 Å². The Morgan fingerprint density at radius 2 is 1.81 bits per heavy atom. The predicted molar refractivity (Wildman–Crippen MR) is 124 cm³/mol. The summed E-state index contributed by atoms with van der Waals surface area (Å²) in [6.45, 7) is 9.18. The summed E-state index contributed by atoms with van der Waals surface area (Å²) < 4.78 is 7.35. The minimum atomic E-state index is -0.127. The molecule has 4 rings (SSSR count). The molecule has 0 N–H and O–H groups in total. The van der Waals surface area contributed by atoms with E-state index in [1.807, 2.05) is 69.0 Å². The number of aromatic nitrogens is 2. The number of carbonyl (C=O) groups is 1. The Balaban J connectivity index is 1.70. The number of aryl methyl sites for hydroxylation is 2. The van der Waals surface area contributed by atoms with Crippen LogP contribution >= 0.6 is 11.8 Å². The van der Waals surface area contributed by atoms with E-state index in [9.17, 15) is 9.59 Å². The molecular weight excluding hydrogens is 410 g/mol. The van der Waals surface area contributed by atoms with Gasteiger partial charge in [0.2, 0.25) is 5.91 Å². The number of thioether (sulfide) groups is 1. The summed E-state index contributed by atoms with van der Waals surface area (Å²) in [6.07, 6.45) is 0.0374. The first-order valence-corrected chi connectivity index (χ1v) is 11.5. The first kappa shape index (κ1) is 21.6. The van der Waals surface area contributed by atoms with Crippen LogP contribution in [-0.2, 0) is 9.53 Å². The number of morpholine rings is 1. The smallest absolute Gasteiger partial charge is 0.266 e. The summed E-state index contributed by atoms with van der Waals surface area (Å²) in [5, 5.41) is 1.09. The highest BCUT2D eigenvalue weighted by atomic mass is 32.2. The lowest BCUT2D eigenvalue weighted by molar-refractivity contribution is -0.140. The van der Waals surface area contributed by atoms with Crippen LogP contribution in [0.4, 0.5) is 0 Å². The lowest BCUT2D eigenvalue weighted by Gasteiger charge is -2.35. The molecule has 162 valence electrons. The second kappa shape index (κ2) is 8.85. The molecule has 1 aliphatic heterocycles. The second-order valence-electron chi connectivity index (χ2n) is 8.17. The number of nitrogens with zero attached hydrogens (tertiary/aromatic N) is 3. The number of benzene rings is 2. The van der Waals surface area contributed by atoms with Gasteiger partial charge < -0.3 is 9.64 Å². The van der Waals surface area contributed by atoms with Gasteiger partial charge in [-0.3, -0.25) is 14.2 Å². The molecule has 0 saturated carbocycles. The highest BCUT2D eigenvalue weighted by Gasteiger charge is 2.26. The highest BCUT2D eigenvalue weighted by Crippen LogP contribution is 2.23. The summed E-state index contributed by atoms with van der Waals surface area (Å²) in [7, 11) is 0. The van der Waals surface area contributed by atoms with Crippen LogP contribution in [0.3, 0.4) is 0 Å². The average Bonchev–Trinajstić information content (AvgIpc) is 2.73. The Hall–Kier alpha value is -2.64. The maximum absolute atomic E-state index is 13.4. The Morgan fingerprint density at radius 3 is 2.52 bits per heavy atom. The molecule has 1 saturated heterocycles. The average molecular weight is 438 g/mol. The SMILES string of the molecule is Cc1ccc(-n2c(SCC(=O)N3CC(C)OC(C)C3)nc3ccccc3c2=O)cc1C. The molecular formula is C24H27N3O3S. The molecule has 1 amide bonds. The standard InChI is InChI=1S/C24H27N3O3S/c1-15-9-10-19(11-16(15)2)27-23(29)20-7-5-6-8-21(20)25-24(27)31-14-22(28)26-12-17(3)30-18(4)13-26/h5-11,17-18H,12-14H2,1-4H3. The zero-order valence-electron chi connectivity index (χ0n) is 18.3. The first-order chi connectivity index (χ1) is 14.8. The topological polar surface area (TPSA) is 64.4 Å². The molecule has 2 atom stereocenters. The summed E-state index contributed by atoms with van der Waals surface area (Å²) in [4.78, 5) is 32.8. The van der Waals surface area contributed by atoms with Gasteiger partial charge in [-0.25, -0.2) is 4.98 Å². The monoisotopic (exact) mass is 437 g/mol. The molecule has 0 spiro atoms. The van der Waals surface area contributed by atoms with Gasteiger partial charge in [-0.2, -0.15) is 0 Å². The van der Waals surface area contributed by atoms with Gasteiger partial charge in [-0.05, 0) is 63.1 Å². The van der Waals surface area contributed by atoms with Gasteiger partial charge in [0.05, 0.1) is 34.6 Å². The van der Waals surface area contributed by atoms with Gasteiger partial charge in [-0.1, -0.05) is 30.0 Å². The summed E-state index contributed by atoms with van der Waals surface area (Å²) >= 11 is 1.30.